The minimum atomic E-state index is -1.85. The lowest BCUT2D eigenvalue weighted by atomic mass is 10.0. The Morgan fingerprint density at radius 2 is 1.28 bits per heavy atom. The largest absolute Gasteiger partial charge is 0.394 e. The van der Waals surface area contributed by atoms with E-state index in [1.54, 1.807) is 0 Å². The van der Waals surface area contributed by atoms with Gasteiger partial charge in [0.15, 0.2) is 6.10 Å². The van der Waals surface area contributed by atoms with Crippen LogP contribution in [0.5, 0.6) is 0 Å². The molecule has 0 bridgehead atoms. The van der Waals surface area contributed by atoms with E-state index in [2.05, 4.69) is 12.2 Å². The Hall–Kier alpha value is -0.730. The highest BCUT2D eigenvalue weighted by Gasteiger charge is 2.33. The normalized spacial score (nSPS) is 16.2. The smallest absolute Gasteiger partial charge is 0.251 e. The lowest BCUT2D eigenvalue weighted by Crippen LogP contribution is -2.51. The summed E-state index contributed by atoms with van der Waals surface area (Å²) in [6.07, 6.45) is 4.69. The van der Waals surface area contributed by atoms with E-state index >= 15 is 0 Å². The summed E-state index contributed by atoms with van der Waals surface area (Å²) in [5.41, 5.74) is 0. The van der Waals surface area contributed by atoms with Gasteiger partial charge in [-0.3, -0.25) is 4.79 Å². The Balaban J connectivity index is 3.66. The Labute approximate surface area is 151 Å². The molecular formula is C18H37NO6. The molecule has 1 amide bonds. The summed E-state index contributed by atoms with van der Waals surface area (Å²) >= 11 is 0. The molecule has 0 aliphatic rings. The van der Waals surface area contributed by atoms with Gasteiger partial charge in [0, 0.05) is 6.54 Å². The molecule has 0 aromatic heterocycles. The van der Waals surface area contributed by atoms with E-state index in [0.29, 0.717) is 6.54 Å². The first-order chi connectivity index (χ1) is 12.0. The highest BCUT2D eigenvalue weighted by atomic mass is 16.4. The minimum Gasteiger partial charge on any atom is -0.394 e. The summed E-state index contributed by atoms with van der Waals surface area (Å²) in [5.74, 6) is -0.799. The Morgan fingerprint density at radius 3 is 1.76 bits per heavy atom. The van der Waals surface area contributed by atoms with E-state index in [4.69, 9.17) is 5.11 Å². The van der Waals surface area contributed by atoms with Crippen molar-refractivity contribution in [3.8, 4) is 0 Å². The van der Waals surface area contributed by atoms with E-state index < -0.39 is 36.9 Å². The van der Waals surface area contributed by atoms with Gasteiger partial charge in [0.05, 0.1) is 6.61 Å². The molecule has 0 rings (SSSR count). The number of aliphatic hydroxyl groups is 5. The van der Waals surface area contributed by atoms with Gasteiger partial charge in [0.25, 0.3) is 5.91 Å². The molecule has 0 aliphatic carbocycles. The molecule has 0 saturated heterocycles. The summed E-state index contributed by atoms with van der Waals surface area (Å²) in [4.78, 5) is 11.7. The first kappa shape index (κ1) is 24.3. The third-order valence-corrected chi connectivity index (χ3v) is 4.35. The molecule has 0 saturated carbocycles. The van der Waals surface area contributed by atoms with E-state index in [-0.39, 0.29) is 0 Å². The van der Waals surface area contributed by atoms with Crippen LogP contribution in [0.1, 0.15) is 71.1 Å². The molecule has 4 atom stereocenters. The predicted molar refractivity (Wildman–Crippen MR) is 96.0 cm³/mol. The molecule has 0 unspecified atom stereocenters. The third-order valence-electron chi connectivity index (χ3n) is 4.35. The molecular weight excluding hydrogens is 326 g/mol. The summed E-state index contributed by atoms with van der Waals surface area (Å²) in [5, 5.41) is 49.1. The van der Waals surface area contributed by atoms with Crippen LogP contribution >= 0.6 is 0 Å². The second-order valence-corrected chi connectivity index (χ2v) is 6.65. The van der Waals surface area contributed by atoms with Crippen LogP contribution < -0.4 is 5.32 Å². The number of hydrogen-bond acceptors (Lipinski definition) is 6. The highest BCUT2D eigenvalue weighted by Crippen LogP contribution is 2.10. The molecule has 7 nitrogen and oxygen atoms in total. The average Bonchev–Trinajstić information content (AvgIpc) is 2.63. The van der Waals surface area contributed by atoms with E-state index in [1.807, 2.05) is 0 Å². The maximum atomic E-state index is 11.7. The van der Waals surface area contributed by atoms with Gasteiger partial charge >= 0.3 is 0 Å². The lowest BCUT2D eigenvalue weighted by Gasteiger charge is -2.24. The number of rotatable bonds is 16. The molecule has 0 aromatic rings. The SMILES string of the molecule is CCCCCCCCCCCCNC(=O)[C@H](O)[C@@H](O)[C@@H](O)[C@H](O)CO. The van der Waals surface area contributed by atoms with Crippen molar-refractivity contribution in [1.29, 1.82) is 0 Å². The van der Waals surface area contributed by atoms with Gasteiger partial charge in [-0.25, -0.2) is 0 Å². The van der Waals surface area contributed by atoms with Gasteiger partial charge in [0.1, 0.15) is 18.3 Å². The maximum Gasteiger partial charge on any atom is 0.251 e. The summed E-state index contributed by atoms with van der Waals surface area (Å²) < 4.78 is 0. The van der Waals surface area contributed by atoms with E-state index in [9.17, 15) is 25.2 Å². The van der Waals surface area contributed by atoms with Gasteiger partial charge in [-0.05, 0) is 6.42 Å². The number of hydrogen-bond donors (Lipinski definition) is 6. The van der Waals surface area contributed by atoms with Gasteiger partial charge in [-0.1, -0.05) is 64.7 Å². The number of aliphatic hydroxyl groups excluding tert-OH is 5. The van der Waals surface area contributed by atoms with Crippen LogP contribution in [-0.2, 0) is 4.79 Å². The van der Waals surface area contributed by atoms with E-state index in [0.717, 1.165) is 19.3 Å². The average molecular weight is 363 g/mol. The Kier molecular flexibility index (Phi) is 15.1. The molecule has 0 aromatic carbocycles. The topological polar surface area (TPSA) is 130 Å². The first-order valence-corrected chi connectivity index (χ1v) is 9.56. The van der Waals surface area contributed by atoms with Crippen LogP contribution in [0.25, 0.3) is 0 Å². The number of carbonyl (C=O) groups excluding carboxylic acids is 1. The van der Waals surface area contributed by atoms with Gasteiger partial charge < -0.3 is 30.8 Å². The Morgan fingerprint density at radius 1 is 0.800 bits per heavy atom. The fraction of sp³-hybridized carbons (Fsp3) is 0.944. The summed E-state index contributed by atoms with van der Waals surface area (Å²) in [6, 6.07) is 0. The van der Waals surface area contributed by atoms with Crippen molar-refractivity contribution in [2.75, 3.05) is 13.2 Å². The highest BCUT2D eigenvalue weighted by molar-refractivity contribution is 5.81. The maximum absolute atomic E-state index is 11.7. The van der Waals surface area contributed by atoms with Crippen molar-refractivity contribution in [3.05, 3.63) is 0 Å². The monoisotopic (exact) mass is 363 g/mol. The second-order valence-electron chi connectivity index (χ2n) is 6.65. The first-order valence-electron chi connectivity index (χ1n) is 9.56. The number of amides is 1. The number of unbranched alkanes of at least 4 members (excludes halogenated alkanes) is 9. The van der Waals surface area contributed by atoms with Crippen LogP contribution in [-0.4, -0.2) is 69.0 Å². The fourth-order valence-corrected chi connectivity index (χ4v) is 2.61. The van der Waals surface area contributed by atoms with Crippen molar-refractivity contribution < 1.29 is 30.3 Å². The number of nitrogens with one attached hydrogen (secondary N) is 1. The van der Waals surface area contributed by atoms with Crippen molar-refractivity contribution in [2.45, 2.75) is 95.5 Å². The van der Waals surface area contributed by atoms with Crippen LogP contribution in [0.15, 0.2) is 0 Å². The van der Waals surface area contributed by atoms with Gasteiger partial charge in [-0.2, -0.15) is 0 Å². The molecule has 7 heteroatoms. The molecule has 0 heterocycles. The molecule has 0 fully saturated rings. The van der Waals surface area contributed by atoms with Gasteiger partial charge in [-0.15, -0.1) is 0 Å². The molecule has 0 spiro atoms. The van der Waals surface area contributed by atoms with Crippen molar-refractivity contribution in [3.63, 3.8) is 0 Å². The van der Waals surface area contributed by atoms with Gasteiger partial charge in [0.2, 0.25) is 0 Å². The third kappa shape index (κ3) is 11.5. The molecule has 25 heavy (non-hydrogen) atoms. The van der Waals surface area contributed by atoms with Crippen LogP contribution in [0, 0.1) is 0 Å². The predicted octanol–water partition coefficient (Wildman–Crippen LogP) is 0.459. The van der Waals surface area contributed by atoms with Crippen molar-refractivity contribution in [1.82, 2.24) is 5.32 Å². The lowest BCUT2D eigenvalue weighted by molar-refractivity contribution is -0.148. The molecule has 6 N–H and O–H groups in total. The summed E-state index contributed by atoms with van der Waals surface area (Å²) in [7, 11) is 0. The molecule has 0 radical (unpaired) electrons. The fourth-order valence-electron chi connectivity index (χ4n) is 2.61. The quantitative estimate of drug-likeness (QED) is 0.221. The Bertz CT molecular complexity index is 329. The zero-order chi connectivity index (χ0) is 19.1. The standard InChI is InChI=1S/C18H37NO6/c1-2-3-4-5-6-7-8-9-10-11-12-19-18(25)17(24)16(23)15(22)14(21)13-20/h14-17,20-24H,2-13H2,1H3,(H,19,25)/t14-,15+,16+,17-/m1/s1. The molecule has 150 valence electrons. The van der Waals surface area contributed by atoms with Crippen molar-refractivity contribution in [2.24, 2.45) is 0 Å². The zero-order valence-electron chi connectivity index (χ0n) is 15.4. The molecule has 0 aliphatic heterocycles. The van der Waals surface area contributed by atoms with Crippen LogP contribution in [0.2, 0.25) is 0 Å². The van der Waals surface area contributed by atoms with Crippen molar-refractivity contribution >= 4 is 5.91 Å². The van der Waals surface area contributed by atoms with Crippen LogP contribution in [0.3, 0.4) is 0 Å². The van der Waals surface area contributed by atoms with Crippen LogP contribution in [0.4, 0.5) is 0 Å². The summed E-state index contributed by atoms with van der Waals surface area (Å²) in [6.45, 7) is 1.82. The zero-order valence-corrected chi connectivity index (χ0v) is 15.4. The minimum absolute atomic E-state index is 0.387. The number of carbonyl (C=O) groups is 1. The van der Waals surface area contributed by atoms with E-state index in [1.165, 1.54) is 44.9 Å². The second kappa shape index (κ2) is 15.5.